The lowest BCUT2D eigenvalue weighted by Gasteiger charge is -2.38. The van der Waals surface area contributed by atoms with Gasteiger partial charge in [-0.2, -0.15) is 0 Å². The highest BCUT2D eigenvalue weighted by atomic mass is 19.1. The molecule has 0 bridgehead atoms. The molecule has 2 aromatic rings. The zero-order chi connectivity index (χ0) is 21.8. The maximum atomic E-state index is 13.9. The summed E-state index contributed by atoms with van der Waals surface area (Å²) in [6, 6.07) is 11.9. The van der Waals surface area contributed by atoms with Crippen LogP contribution in [-0.2, 0) is 4.74 Å². The Bertz CT molecular complexity index is 913. The van der Waals surface area contributed by atoms with Crippen LogP contribution in [-0.4, -0.2) is 63.6 Å². The van der Waals surface area contributed by atoms with E-state index in [1.165, 1.54) is 18.2 Å². The highest BCUT2D eigenvalue weighted by Gasteiger charge is 2.46. The van der Waals surface area contributed by atoms with E-state index in [4.69, 9.17) is 9.47 Å². The number of aliphatic hydroxyl groups excluding tert-OH is 3. The molecule has 1 saturated heterocycles. The van der Waals surface area contributed by atoms with Gasteiger partial charge in [0.25, 0.3) is 0 Å². The molecule has 2 aromatic carbocycles. The molecule has 160 valence electrons. The fourth-order valence-corrected chi connectivity index (χ4v) is 3.16. The van der Waals surface area contributed by atoms with Crippen molar-refractivity contribution in [1.82, 2.24) is 0 Å². The van der Waals surface area contributed by atoms with Crippen molar-refractivity contribution in [2.75, 3.05) is 6.61 Å². The molecule has 1 heterocycles. The summed E-state index contributed by atoms with van der Waals surface area (Å²) in [5, 5.41) is 39.6. The van der Waals surface area contributed by atoms with Gasteiger partial charge in [0.2, 0.25) is 6.29 Å². The summed E-state index contributed by atoms with van der Waals surface area (Å²) in [5.41, 5.74) is 1.15. The van der Waals surface area contributed by atoms with Gasteiger partial charge in [0, 0.05) is 0 Å². The van der Waals surface area contributed by atoms with Crippen LogP contribution in [0.1, 0.15) is 21.5 Å². The van der Waals surface area contributed by atoms with Crippen LogP contribution in [0.15, 0.2) is 48.5 Å². The average Bonchev–Trinajstić information content (AvgIpc) is 2.72. The molecule has 5 atom stereocenters. The molecule has 0 saturated carbocycles. The molecule has 3 rings (SSSR count). The number of aromatic hydroxyl groups is 1. The van der Waals surface area contributed by atoms with E-state index < -0.39 is 43.2 Å². The fraction of sp³-hybridized carbons (Fsp3) is 0.318. The number of benzene rings is 2. The molecule has 0 radical (unpaired) electrons. The molecule has 1 aliphatic heterocycles. The highest BCUT2D eigenvalue weighted by Crippen LogP contribution is 2.34. The molecule has 0 spiro atoms. The van der Waals surface area contributed by atoms with Crippen molar-refractivity contribution in [1.29, 1.82) is 0 Å². The summed E-state index contributed by atoms with van der Waals surface area (Å²) in [4.78, 5) is 12.8. The first-order chi connectivity index (χ1) is 14.3. The molecule has 0 amide bonds. The van der Waals surface area contributed by atoms with Crippen LogP contribution >= 0.6 is 0 Å². The minimum Gasteiger partial charge on any atom is -0.507 e. The number of allylic oxidation sites excluding steroid dienone is 1. The lowest BCUT2D eigenvalue weighted by atomic mass is 10.00. The first-order valence-electron chi connectivity index (χ1n) is 9.36. The van der Waals surface area contributed by atoms with E-state index in [-0.39, 0.29) is 17.1 Å². The minimum absolute atomic E-state index is 0.111. The van der Waals surface area contributed by atoms with Gasteiger partial charge in [-0.1, -0.05) is 36.4 Å². The van der Waals surface area contributed by atoms with E-state index in [9.17, 15) is 29.6 Å². The third-order valence-corrected chi connectivity index (χ3v) is 4.74. The Kier molecular flexibility index (Phi) is 6.84. The summed E-state index contributed by atoms with van der Waals surface area (Å²) in [6.07, 6.45) is -5.78. The van der Waals surface area contributed by atoms with Crippen LogP contribution in [0.2, 0.25) is 0 Å². The van der Waals surface area contributed by atoms with Crippen molar-refractivity contribution in [3.05, 3.63) is 65.2 Å². The molecule has 30 heavy (non-hydrogen) atoms. The second-order valence-corrected chi connectivity index (χ2v) is 7.03. The fourth-order valence-electron chi connectivity index (χ4n) is 3.16. The van der Waals surface area contributed by atoms with E-state index in [0.717, 1.165) is 5.56 Å². The molecular formula is C22H23FO7. The number of hydrogen-bond acceptors (Lipinski definition) is 7. The number of ketones is 1. The quantitative estimate of drug-likeness (QED) is 0.417. The van der Waals surface area contributed by atoms with Gasteiger partial charge in [-0.15, -0.1) is 0 Å². The van der Waals surface area contributed by atoms with Crippen molar-refractivity contribution < 1.29 is 39.1 Å². The molecular weight excluding hydrogens is 395 g/mol. The highest BCUT2D eigenvalue weighted by molar-refractivity contribution is 6.10. The predicted octanol–water partition coefficient (Wildman–Crippen LogP) is 1.75. The Labute approximate surface area is 172 Å². The number of carbonyl (C=O) groups excluding carboxylic acids is 1. The van der Waals surface area contributed by atoms with E-state index in [0.29, 0.717) is 5.56 Å². The molecule has 0 aliphatic carbocycles. The second kappa shape index (κ2) is 9.36. The van der Waals surface area contributed by atoms with Gasteiger partial charge in [0.1, 0.15) is 35.4 Å². The monoisotopic (exact) mass is 418 g/mol. The van der Waals surface area contributed by atoms with Crippen molar-refractivity contribution in [3.8, 4) is 11.5 Å². The molecule has 0 aromatic heterocycles. The topological polar surface area (TPSA) is 116 Å². The molecule has 1 aliphatic rings. The number of alkyl halides is 1. The summed E-state index contributed by atoms with van der Waals surface area (Å²) in [6.45, 7) is 0.914. The Morgan fingerprint density at radius 2 is 1.90 bits per heavy atom. The predicted molar refractivity (Wildman–Crippen MR) is 106 cm³/mol. The lowest BCUT2D eigenvalue weighted by molar-refractivity contribution is -0.265. The van der Waals surface area contributed by atoms with Gasteiger partial charge in [0.15, 0.2) is 12.0 Å². The molecule has 5 unspecified atom stereocenters. The summed E-state index contributed by atoms with van der Waals surface area (Å²) >= 11 is 0. The number of hydrogen-bond donors (Lipinski definition) is 4. The lowest BCUT2D eigenvalue weighted by Crippen LogP contribution is -2.58. The number of phenolic OH excluding ortho intramolecular Hbond substituents is 1. The number of ether oxygens (including phenoxy) is 2. The Balaban J connectivity index is 1.89. The van der Waals surface area contributed by atoms with E-state index in [1.807, 2.05) is 18.2 Å². The van der Waals surface area contributed by atoms with Crippen molar-refractivity contribution in [2.24, 2.45) is 0 Å². The smallest absolute Gasteiger partial charge is 0.229 e. The third-order valence-electron chi connectivity index (χ3n) is 4.74. The summed E-state index contributed by atoms with van der Waals surface area (Å²) in [5.74, 6) is -1.03. The zero-order valence-corrected chi connectivity index (χ0v) is 16.2. The maximum absolute atomic E-state index is 13.9. The Morgan fingerprint density at radius 3 is 2.57 bits per heavy atom. The zero-order valence-electron chi connectivity index (χ0n) is 16.2. The summed E-state index contributed by atoms with van der Waals surface area (Å²) < 4.78 is 24.7. The minimum atomic E-state index is -2.01. The third kappa shape index (κ3) is 4.68. The average molecular weight is 418 g/mol. The maximum Gasteiger partial charge on any atom is 0.229 e. The van der Waals surface area contributed by atoms with Crippen molar-refractivity contribution in [2.45, 2.75) is 37.7 Å². The standard InChI is InChI=1S/C22H23FO7/c1-12-9-15(26)18(14(25)8-7-13-5-3-2-4-6-13)16(10-12)29-22-21(28)20(27)19(23)17(11-24)30-22/h2-10,17,19-22,24,26-28H,11H2,1H3. The summed E-state index contributed by atoms with van der Waals surface area (Å²) in [7, 11) is 0. The Hall–Kier alpha value is -2.78. The van der Waals surface area contributed by atoms with Crippen molar-refractivity contribution >= 4 is 11.9 Å². The van der Waals surface area contributed by atoms with Gasteiger partial charge in [-0.25, -0.2) is 4.39 Å². The molecule has 7 nitrogen and oxygen atoms in total. The van der Waals surface area contributed by atoms with Crippen molar-refractivity contribution in [3.63, 3.8) is 0 Å². The molecule has 1 fully saturated rings. The van der Waals surface area contributed by atoms with Crippen LogP contribution in [0.4, 0.5) is 4.39 Å². The Morgan fingerprint density at radius 1 is 1.20 bits per heavy atom. The number of halogens is 1. The van der Waals surface area contributed by atoms with E-state index >= 15 is 0 Å². The van der Waals surface area contributed by atoms with Gasteiger partial charge < -0.3 is 29.9 Å². The second-order valence-electron chi connectivity index (χ2n) is 7.03. The van der Waals surface area contributed by atoms with E-state index in [1.54, 1.807) is 25.1 Å². The SMILES string of the molecule is Cc1cc(O)c(C(=O)C=Cc2ccccc2)c(OC2OC(CO)C(F)C(O)C2O)c1. The van der Waals surface area contributed by atoms with Crippen LogP contribution in [0, 0.1) is 6.92 Å². The first kappa shape index (κ1) is 21.9. The first-order valence-corrected chi connectivity index (χ1v) is 9.36. The molecule has 8 heteroatoms. The molecule has 4 N–H and O–H groups in total. The van der Waals surface area contributed by atoms with Gasteiger partial charge in [0.05, 0.1) is 6.61 Å². The van der Waals surface area contributed by atoms with E-state index in [2.05, 4.69) is 0 Å². The number of rotatable bonds is 6. The van der Waals surface area contributed by atoms with Gasteiger partial charge in [-0.05, 0) is 36.3 Å². The number of carbonyl (C=O) groups is 1. The van der Waals surface area contributed by atoms with Gasteiger partial charge in [-0.3, -0.25) is 4.79 Å². The van der Waals surface area contributed by atoms with Crippen LogP contribution < -0.4 is 4.74 Å². The van der Waals surface area contributed by atoms with Crippen LogP contribution in [0.3, 0.4) is 0 Å². The number of phenols is 1. The normalized spacial score (nSPS) is 26.6. The van der Waals surface area contributed by atoms with Gasteiger partial charge >= 0.3 is 0 Å². The number of aryl methyl sites for hydroxylation is 1. The largest absolute Gasteiger partial charge is 0.507 e. The van der Waals surface area contributed by atoms with Crippen LogP contribution in [0.25, 0.3) is 6.08 Å². The number of aliphatic hydroxyl groups is 3. The van der Waals surface area contributed by atoms with Crippen LogP contribution in [0.5, 0.6) is 11.5 Å².